The van der Waals surface area contributed by atoms with Crippen LogP contribution in [0.15, 0.2) is 42.7 Å². The number of nitrogens with zero attached hydrogens (tertiary/aromatic N) is 4. The smallest absolute Gasteiger partial charge is 0.308 e. The van der Waals surface area contributed by atoms with Crippen molar-refractivity contribution < 1.29 is 24.2 Å². The summed E-state index contributed by atoms with van der Waals surface area (Å²) in [6, 6.07) is 9.33. The van der Waals surface area contributed by atoms with Crippen molar-refractivity contribution in [3.63, 3.8) is 0 Å². The van der Waals surface area contributed by atoms with Crippen LogP contribution in [0.3, 0.4) is 0 Å². The Kier molecular flexibility index (Phi) is 8.63. The lowest BCUT2D eigenvalue weighted by Gasteiger charge is -2.31. The summed E-state index contributed by atoms with van der Waals surface area (Å²) in [5.74, 6) is -0.932. The first-order valence-electron chi connectivity index (χ1n) is 14.9. The highest BCUT2D eigenvalue weighted by Crippen LogP contribution is 2.41. The molecule has 3 atom stereocenters. The van der Waals surface area contributed by atoms with Gasteiger partial charge in [-0.05, 0) is 47.6 Å². The Balaban J connectivity index is 1.42. The van der Waals surface area contributed by atoms with E-state index in [4.69, 9.17) is 4.74 Å². The van der Waals surface area contributed by atoms with Gasteiger partial charge in [0.25, 0.3) is 0 Å². The molecule has 2 aromatic rings. The average molecular weight is 563 g/mol. The van der Waals surface area contributed by atoms with Gasteiger partial charge in [-0.15, -0.1) is 0 Å². The van der Waals surface area contributed by atoms with Crippen LogP contribution in [0.25, 0.3) is 0 Å². The van der Waals surface area contributed by atoms with Crippen molar-refractivity contribution in [2.45, 2.75) is 64.8 Å². The van der Waals surface area contributed by atoms with Crippen LogP contribution in [0.2, 0.25) is 0 Å². The molecule has 0 radical (unpaired) electrons. The van der Waals surface area contributed by atoms with Crippen LogP contribution >= 0.6 is 0 Å². The third-order valence-corrected chi connectivity index (χ3v) is 8.80. The Hall–Kier alpha value is -3.46. The molecule has 220 valence electrons. The molecule has 3 aliphatic rings. The maximum absolute atomic E-state index is 13.8. The molecular formula is C32H42N4O5. The molecule has 5 rings (SSSR count). The van der Waals surface area contributed by atoms with E-state index in [1.807, 2.05) is 29.2 Å². The fourth-order valence-electron chi connectivity index (χ4n) is 6.79. The summed E-state index contributed by atoms with van der Waals surface area (Å²) in [7, 11) is 0. The fraction of sp³-hybridized carbons (Fsp3) is 0.562. The molecule has 9 nitrogen and oxygen atoms in total. The first-order valence-corrected chi connectivity index (χ1v) is 14.9. The van der Waals surface area contributed by atoms with Gasteiger partial charge in [0.1, 0.15) is 5.75 Å². The number of likely N-dealkylation sites (tertiary alicyclic amines) is 2. The Labute approximate surface area is 242 Å². The third-order valence-electron chi connectivity index (χ3n) is 8.80. The van der Waals surface area contributed by atoms with Crippen molar-refractivity contribution in [3.05, 3.63) is 53.9 Å². The fourth-order valence-corrected chi connectivity index (χ4v) is 6.79. The van der Waals surface area contributed by atoms with Crippen LogP contribution in [0.4, 0.5) is 5.69 Å². The van der Waals surface area contributed by atoms with Crippen LogP contribution in [0.5, 0.6) is 5.75 Å². The van der Waals surface area contributed by atoms with Crippen molar-refractivity contribution in [3.8, 4) is 5.75 Å². The topological polar surface area (TPSA) is 103 Å². The molecule has 0 spiro atoms. The molecule has 0 bridgehead atoms. The van der Waals surface area contributed by atoms with Crippen molar-refractivity contribution in [1.82, 2.24) is 14.8 Å². The number of fused-ring (bicyclic) bond motifs is 1. The number of aromatic nitrogens is 1. The van der Waals surface area contributed by atoms with Gasteiger partial charge in [-0.2, -0.15) is 0 Å². The number of aliphatic carboxylic acids is 1. The van der Waals surface area contributed by atoms with E-state index in [2.05, 4.69) is 36.7 Å². The van der Waals surface area contributed by atoms with Crippen LogP contribution in [0.1, 0.15) is 63.5 Å². The predicted octanol–water partition coefficient (Wildman–Crippen LogP) is 3.97. The lowest BCUT2D eigenvalue weighted by atomic mass is 9.83. The van der Waals surface area contributed by atoms with E-state index >= 15 is 0 Å². The summed E-state index contributed by atoms with van der Waals surface area (Å²) in [6.45, 7) is 9.18. The summed E-state index contributed by atoms with van der Waals surface area (Å²) in [5, 5.41) is 10.6. The van der Waals surface area contributed by atoms with Crippen molar-refractivity contribution >= 4 is 23.5 Å². The number of unbranched alkanes of at least 4 members (excludes halogenated alkanes) is 1. The first-order chi connectivity index (χ1) is 19.7. The van der Waals surface area contributed by atoms with Crippen LogP contribution < -0.4 is 9.64 Å². The van der Waals surface area contributed by atoms with Crippen molar-refractivity contribution in [2.24, 2.45) is 11.3 Å². The number of hydrogen-bond acceptors (Lipinski definition) is 6. The standard InChI is InChI=1S/C32H42N4O5/c1-4-5-13-36(24-7-6-12-33-18-24)29(38)20-35-19-25(22-8-9-27-23(16-22)11-15-41-27)30(31(39)40)26(35)10-14-34-21-32(2,3)17-28(34)37/h6-9,12,16,18,25-26,30H,4-5,10-11,13-15,17,19-21H2,1-3H3,(H,39,40)/t25-,26+,30-/m1/s1. The van der Waals surface area contributed by atoms with E-state index < -0.39 is 11.9 Å². The second-order valence-electron chi connectivity index (χ2n) is 12.5. The highest BCUT2D eigenvalue weighted by Gasteiger charge is 2.48. The number of ether oxygens (including phenoxy) is 1. The second kappa shape index (κ2) is 12.2. The molecule has 1 aromatic heterocycles. The van der Waals surface area contributed by atoms with Crippen molar-refractivity contribution in [2.75, 3.05) is 44.2 Å². The average Bonchev–Trinajstić information content (AvgIpc) is 3.62. The number of amides is 2. The van der Waals surface area contributed by atoms with Crippen molar-refractivity contribution in [1.29, 1.82) is 0 Å². The van der Waals surface area contributed by atoms with Gasteiger partial charge in [0.05, 0.1) is 31.0 Å². The molecular weight excluding hydrogens is 520 g/mol. The molecule has 2 saturated heterocycles. The van der Waals surface area contributed by atoms with E-state index in [0.717, 1.165) is 41.8 Å². The minimum Gasteiger partial charge on any atom is -0.493 e. The number of anilines is 1. The van der Waals surface area contributed by atoms with Gasteiger partial charge in [-0.1, -0.05) is 39.3 Å². The predicted molar refractivity (Wildman–Crippen MR) is 156 cm³/mol. The summed E-state index contributed by atoms with van der Waals surface area (Å²) < 4.78 is 5.69. The zero-order chi connectivity index (χ0) is 29.1. The molecule has 9 heteroatoms. The molecule has 0 saturated carbocycles. The van der Waals surface area contributed by atoms with Gasteiger partial charge in [0.2, 0.25) is 11.8 Å². The van der Waals surface area contributed by atoms with Gasteiger partial charge in [0.15, 0.2) is 0 Å². The number of hydrogen-bond donors (Lipinski definition) is 1. The van der Waals surface area contributed by atoms with Gasteiger partial charge < -0.3 is 19.6 Å². The molecule has 2 amide bonds. The van der Waals surface area contributed by atoms with E-state index in [1.165, 1.54) is 0 Å². The number of carbonyl (C=O) groups excluding carboxylic acids is 2. The van der Waals surface area contributed by atoms with Crippen LogP contribution in [0, 0.1) is 11.3 Å². The summed E-state index contributed by atoms with van der Waals surface area (Å²) in [5.41, 5.74) is 2.73. The Morgan fingerprint density at radius 1 is 1.24 bits per heavy atom. The monoisotopic (exact) mass is 562 g/mol. The van der Waals surface area contributed by atoms with Gasteiger partial charge in [-0.25, -0.2) is 0 Å². The Morgan fingerprint density at radius 2 is 2.07 bits per heavy atom. The van der Waals surface area contributed by atoms with Gasteiger partial charge in [0, 0.05) is 57.2 Å². The maximum atomic E-state index is 13.8. The minimum atomic E-state index is -0.866. The second-order valence-corrected chi connectivity index (χ2v) is 12.5. The molecule has 3 aliphatic heterocycles. The summed E-state index contributed by atoms with van der Waals surface area (Å²) in [6.07, 6.45) is 7.00. The normalized spacial score (nSPS) is 23.4. The maximum Gasteiger partial charge on any atom is 0.308 e. The molecule has 41 heavy (non-hydrogen) atoms. The molecule has 1 aromatic carbocycles. The van der Waals surface area contributed by atoms with Crippen LogP contribution in [-0.4, -0.2) is 83.0 Å². The minimum absolute atomic E-state index is 0.0676. The van der Waals surface area contributed by atoms with Crippen LogP contribution in [-0.2, 0) is 20.8 Å². The van der Waals surface area contributed by atoms with E-state index in [-0.39, 0.29) is 35.7 Å². The highest BCUT2D eigenvalue weighted by molar-refractivity contribution is 5.94. The SMILES string of the molecule is CCCCN(C(=O)CN1C[C@H](c2ccc3c(c2)CCO3)[C@@H](C(=O)O)[C@@H]1CCN1CC(C)(C)CC1=O)c1cccnc1. The van der Waals surface area contributed by atoms with Gasteiger partial charge >= 0.3 is 5.97 Å². The number of pyridine rings is 1. The Morgan fingerprint density at radius 3 is 2.76 bits per heavy atom. The molecule has 0 unspecified atom stereocenters. The third kappa shape index (κ3) is 6.40. The van der Waals surface area contributed by atoms with E-state index in [1.54, 1.807) is 17.3 Å². The number of carboxylic acid groups (broad SMARTS) is 1. The molecule has 4 heterocycles. The quantitative estimate of drug-likeness (QED) is 0.442. The Bertz CT molecular complexity index is 1270. The number of carboxylic acids is 1. The molecule has 2 fully saturated rings. The number of benzene rings is 1. The van der Waals surface area contributed by atoms with E-state index in [9.17, 15) is 19.5 Å². The van der Waals surface area contributed by atoms with Gasteiger partial charge in [-0.3, -0.25) is 24.3 Å². The number of rotatable bonds is 11. The zero-order valence-electron chi connectivity index (χ0n) is 24.4. The molecule has 0 aliphatic carbocycles. The zero-order valence-corrected chi connectivity index (χ0v) is 24.4. The molecule has 1 N–H and O–H groups in total. The van der Waals surface area contributed by atoms with E-state index in [0.29, 0.717) is 45.6 Å². The first kappa shape index (κ1) is 29.0. The largest absolute Gasteiger partial charge is 0.493 e. The lowest BCUT2D eigenvalue weighted by molar-refractivity contribution is -0.143. The number of carbonyl (C=O) groups is 3. The lowest BCUT2D eigenvalue weighted by Crippen LogP contribution is -2.45. The highest BCUT2D eigenvalue weighted by atomic mass is 16.5. The summed E-state index contributed by atoms with van der Waals surface area (Å²) >= 11 is 0. The summed E-state index contributed by atoms with van der Waals surface area (Å²) in [4.78, 5) is 49.4.